The number of aliphatic hydroxyl groups excluding tert-OH is 1. The molecule has 5 nitrogen and oxygen atoms in total. The Kier molecular flexibility index (Phi) is 11.4. The van der Waals surface area contributed by atoms with E-state index in [1.54, 1.807) is 13.7 Å². The number of benzene rings is 2. The lowest BCUT2D eigenvalue weighted by Crippen LogP contribution is -2.28. The minimum atomic E-state index is -0.452. The fourth-order valence-corrected chi connectivity index (χ4v) is 3.83. The van der Waals surface area contributed by atoms with E-state index in [9.17, 15) is 9.82 Å². The summed E-state index contributed by atoms with van der Waals surface area (Å²) in [6, 6.07) is 18.7. The van der Waals surface area contributed by atoms with Crippen molar-refractivity contribution in [3.05, 3.63) is 60.2 Å². The highest BCUT2D eigenvalue weighted by molar-refractivity contribution is 6.48. The van der Waals surface area contributed by atoms with Crippen molar-refractivity contribution in [3.8, 4) is 11.1 Å². The van der Waals surface area contributed by atoms with Gasteiger partial charge in [0.2, 0.25) is 0 Å². The molecule has 0 amide bonds. The van der Waals surface area contributed by atoms with E-state index in [1.165, 1.54) is 11.1 Å². The first-order valence-electron chi connectivity index (χ1n) is 11.2. The topological polar surface area (TPSA) is 76.0 Å². The van der Waals surface area contributed by atoms with Crippen molar-refractivity contribution in [2.45, 2.75) is 39.3 Å². The number of hydrogen-bond donors (Lipinski definition) is 2. The van der Waals surface area contributed by atoms with Crippen LogP contribution in [0, 0.1) is 11.8 Å². The molecule has 31 heavy (non-hydrogen) atoms. The van der Waals surface area contributed by atoms with E-state index < -0.39 is 6.92 Å². The van der Waals surface area contributed by atoms with Crippen LogP contribution < -0.4 is 0 Å². The smallest absolute Gasteiger partial charge is 0.311 e. The van der Waals surface area contributed by atoms with Crippen LogP contribution in [0.25, 0.3) is 11.1 Å². The van der Waals surface area contributed by atoms with E-state index >= 15 is 0 Å². The number of ether oxygens (including phenoxy) is 2. The molecule has 168 valence electrons. The maximum atomic E-state index is 12.5. The zero-order valence-corrected chi connectivity index (χ0v) is 18.7. The average Bonchev–Trinajstić information content (AvgIpc) is 2.76. The molecule has 2 N–H and O–H groups in total. The van der Waals surface area contributed by atoms with Crippen LogP contribution in [0.4, 0.5) is 0 Å². The molecule has 2 rings (SSSR count). The van der Waals surface area contributed by atoms with Gasteiger partial charge in [0.05, 0.1) is 19.1 Å². The molecule has 0 aromatic heterocycles. The zero-order chi connectivity index (χ0) is 22.5. The Bertz CT molecular complexity index is 748. The number of hydrogen-bond acceptors (Lipinski definition) is 5. The van der Waals surface area contributed by atoms with Gasteiger partial charge >= 0.3 is 5.97 Å². The van der Waals surface area contributed by atoms with Crippen molar-refractivity contribution in [1.29, 1.82) is 0 Å². The zero-order valence-electron chi connectivity index (χ0n) is 18.7. The Labute approximate surface area is 186 Å². The SMILES string of the molecule is CCOC(=O)[C@H](COCCCO)C[C@H](CB(C)O)Cc1ccc(-c2ccccc2)cc1. The standard InChI is InChI=1S/C25H35BO5/c1-3-31-25(28)24(19-30-15-7-14-27)17-21(18-26(2)29)16-20-10-12-23(13-11-20)22-8-5-4-6-9-22/h4-6,8-13,21,24,27,29H,3,7,14-19H2,1-2H3/t21-,24+/m1/s1. The van der Waals surface area contributed by atoms with Gasteiger partial charge in [-0.05, 0) is 55.1 Å². The summed E-state index contributed by atoms with van der Waals surface area (Å²) < 4.78 is 10.9. The molecule has 0 bridgehead atoms. The quantitative estimate of drug-likeness (QED) is 0.270. The van der Waals surface area contributed by atoms with Crippen LogP contribution in [-0.2, 0) is 20.7 Å². The molecule has 0 heterocycles. The van der Waals surface area contributed by atoms with E-state index in [4.69, 9.17) is 14.6 Å². The van der Waals surface area contributed by atoms with E-state index in [-0.39, 0.29) is 31.0 Å². The molecule has 2 aromatic rings. The number of carbonyl (C=O) groups is 1. The third-order valence-electron chi connectivity index (χ3n) is 5.26. The Morgan fingerprint density at radius 3 is 2.35 bits per heavy atom. The van der Waals surface area contributed by atoms with Crippen LogP contribution in [0.5, 0.6) is 0 Å². The summed E-state index contributed by atoms with van der Waals surface area (Å²) in [7, 11) is 0. The predicted octanol–water partition coefficient (Wildman–Crippen LogP) is 4.09. The summed E-state index contributed by atoms with van der Waals surface area (Å²) in [6.07, 6.45) is 2.50. The Balaban J connectivity index is 2.06. The molecule has 0 spiro atoms. The highest BCUT2D eigenvalue weighted by Crippen LogP contribution is 2.26. The third-order valence-corrected chi connectivity index (χ3v) is 5.26. The summed E-state index contributed by atoms with van der Waals surface area (Å²) in [5.41, 5.74) is 3.52. The number of rotatable bonds is 14. The lowest BCUT2D eigenvalue weighted by atomic mass is 9.62. The largest absolute Gasteiger partial charge is 0.466 e. The van der Waals surface area contributed by atoms with Crippen LogP contribution >= 0.6 is 0 Å². The number of aliphatic hydroxyl groups is 1. The maximum absolute atomic E-state index is 12.5. The average molecular weight is 426 g/mol. The summed E-state index contributed by atoms with van der Waals surface area (Å²) in [5.74, 6) is -0.522. The van der Waals surface area contributed by atoms with Crippen LogP contribution in [0.3, 0.4) is 0 Å². The summed E-state index contributed by atoms with van der Waals surface area (Å²) in [6.45, 7) is 4.19. The normalized spacial score (nSPS) is 12.9. The first-order chi connectivity index (χ1) is 15.0. The molecular formula is C25H35BO5. The predicted molar refractivity (Wildman–Crippen MR) is 125 cm³/mol. The first kappa shape index (κ1) is 25.1. The van der Waals surface area contributed by atoms with Gasteiger partial charge in [0.15, 0.2) is 0 Å². The van der Waals surface area contributed by atoms with Gasteiger partial charge in [-0.25, -0.2) is 0 Å². The molecule has 0 aliphatic heterocycles. The summed E-state index contributed by atoms with van der Waals surface area (Å²) in [4.78, 5) is 12.5. The van der Waals surface area contributed by atoms with E-state index in [0.717, 1.165) is 12.0 Å². The second-order valence-electron chi connectivity index (χ2n) is 8.05. The molecule has 0 saturated carbocycles. The van der Waals surface area contributed by atoms with Gasteiger partial charge < -0.3 is 19.6 Å². The molecule has 6 heteroatoms. The molecular weight excluding hydrogens is 391 g/mol. The monoisotopic (exact) mass is 426 g/mol. The van der Waals surface area contributed by atoms with Gasteiger partial charge in [-0.3, -0.25) is 4.79 Å². The lowest BCUT2D eigenvalue weighted by Gasteiger charge is -2.23. The van der Waals surface area contributed by atoms with Gasteiger partial charge in [-0.2, -0.15) is 0 Å². The second kappa shape index (κ2) is 14.0. The minimum absolute atomic E-state index is 0.0632. The van der Waals surface area contributed by atoms with Gasteiger partial charge in [-0.1, -0.05) is 61.4 Å². The van der Waals surface area contributed by atoms with Crippen molar-refractivity contribution in [1.82, 2.24) is 0 Å². The second-order valence-corrected chi connectivity index (χ2v) is 8.05. The highest BCUT2D eigenvalue weighted by Gasteiger charge is 2.26. The molecule has 0 aliphatic rings. The van der Waals surface area contributed by atoms with Crippen molar-refractivity contribution < 1.29 is 24.4 Å². The van der Waals surface area contributed by atoms with Gasteiger partial charge in [0.25, 0.3) is 6.92 Å². The van der Waals surface area contributed by atoms with Crippen LogP contribution in [-0.4, -0.2) is 49.4 Å². The van der Waals surface area contributed by atoms with E-state index in [0.29, 0.717) is 32.4 Å². The van der Waals surface area contributed by atoms with Crippen LogP contribution in [0.1, 0.15) is 25.3 Å². The van der Waals surface area contributed by atoms with E-state index in [1.807, 2.05) is 18.2 Å². The molecule has 0 fully saturated rings. The summed E-state index contributed by atoms with van der Waals surface area (Å²) >= 11 is 0. The number of carbonyl (C=O) groups excluding carboxylic acids is 1. The highest BCUT2D eigenvalue weighted by atomic mass is 16.5. The van der Waals surface area contributed by atoms with Crippen LogP contribution in [0.2, 0.25) is 13.1 Å². The van der Waals surface area contributed by atoms with Crippen molar-refractivity contribution >= 4 is 12.9 Å². The molecule has 0 saturated heterocycles. The number of esters is 1. The fraction of sp³-hybridized carbons (Fsp3) is 0.480. The molecule has 2 atom stereocenters. The van der Waals surface area contributed by atoms with Crippen molar-refractivity contribution in [2.24, 2.45) is 11.8 Å². The van der Waals surface area contributed by atoms with Crippen LogP contribution in [0.15, 0.2) is 54.6 Å². The lowest BCUT2D eigenvalue weighted by molar-refractivity contribution is -0.151. The summed E-state index contributed by atoms with van der Waals surface area (Å²) in [5, 5.41) is 18.9. The third kappa shape index (κ3) is 9.25. The Morgan fingerprint density at radius 1 is 1.06 bits per heavy atom. The molecule has 0 radical (unpaired) electrons. The van der Waals surface area contributed by atoms with Crippen molar-refractivity contribution in [2.75, 3.05) is 26.4 Å². The minimum Gasteiger partial charge on any atom is -0.466 e. The van der Waals surface area contributed by atoms with Gasteiger partial charge in [0.1, 0.15) is 0 Å². The fourth-order valence-electron chi connectivity index (χ4n) is 3.83. The van der Waals surface area contributed by atoms with E-state index in [2.05, 4.69) is 36.4 Å². The van der Waals surface area contributed by atoms with Gasteiger partial charge in [0, 0.05) is 13.2 Å². The molecule has 0 aliphatic carbocycles. The maximum Gasteiger partial charge on any atom is 0.311 e. The van der Waals surface area contributed by atoms with Gasteiger partial charge in [-0.15, -0.1) is 0 Å². The Morgan fingerprint density at radius 2 is 1.74 bits per heavy atom. The Hall–Kier alpha value is -2.15. The molecule has 2 aromatic carbocycles. The molecule has 0 unspecified atom stereocenters. The first-order valence-corrected chi connectivity index (χ1v) is 11.2. The van der Waals surface area contributed by atoms with Crippen molar-refractivity contribution in [3.63, 3.8) is 0 Å².